The number of nitrogens with zero attached hydrogens (tertiary/aromatic N) is 2. The van der Waals surface area contributed by atoms with Gasteiger partial charge in [-0.05, 0) is 62.6 Å². The van der Waals surface area contributed by atoms with Gasteiger partial charge in [0.05, 0.1) is 11.4 Å². The Hall–Kier alpha value is -3.02. The summed E-state index contributed by atoms with van der Waals surface area (Å²) in [5, 5.41) is 2.86. The van der Waals surface area contributed by atoms with Gasteiger partial charge in [-0.25, -0.2) is 14.4 Å². The highest BCUT2D eigenvalue weighted by Gasteiger charge is 2.29. The highest BCUT2D eigenvalue weighted by molar-refractivity contribution is 5.94. The molecule has 0 unspecified atom stereocenters. The zero-order valence-corrected chi connectivity index (χ0v) is 14.6. The highest BCUT2D eigenvalue weighted by Crippen LogP contribution is 2.33. The van der Waals surface area contributed by atoms with E-state index in [1.54, 1.807) is 25.3 Å². The zero-order valence-electron chi connectivity index (χ0n) is 14.6. The topological polar surface area (TPSA) is 70.7 Å². The Kier molecular flexibility index (Phi) is 4.03. The molecule has 1 fully saturated rings. The molecule has 0 spiro atoms. The average molecular weight is 350 g/mol. The maximum Gasteiger partial charge on any atom is 0.228 e. The number of aryl methyl sites for hydroxylation is 2. The number of amides is 1. The molecule has 0 saturated heterocycles. The maximum absolute atomic E-state index is 13.6. The molecule has 4 rings (SSSR count). The first-order valence-electron chi connectivity index (χ1n) is 8.61. The van der Waals surface area contributed by atoms with Crippen LogP contribution in [0.1, 0.15) is 24.2 Å². The molecule has 1 amide bonds. The molecule has 2 N–H and O–H groups in total. The molecule has 3 aromatic rings. The van der Waals surface area contributed by atoms with Crippen LogP contribution in [0.4, 0.5) is 10.2 Å². The third kappa shape index (κ3) is 3.22. The molecule has 0 atom stereocenters. The van der Waals surface area contributed by atoms with Gasteiger partial charge in [0, 0.05) is 23.2 Å². The van der Waals surface area contributed by atoms with E-state index in [0.717, 1.165) is 41.2 Å². The molecule has 1 aliphatic rings. The summed E-state index contributed by atoms with van der Waals surface area (Å²) < 4.78 is 13.6. The van der Waals surface area contributed by atoms with Crippen LogP contribution in [0.3, 0.4) is 0 Å². The summed E-state index contributed by atoms with van der Waals surface area (Å²) in [4.78, 5) is 24.0. The zero-order chi connectivity index (χ0) is 18.3. The number of H-pyrrole nitrogens is 1. The van der Waals surface area contributed by atoms with Gasteiger partial charge in [-0.15, -0.1) is 0 Å². The van der Waals surface area contributed by atoms with E-state index in [1.165, 1.54) is 6.07 Å². The van der Waals surface area contributed by atoms with Gasteiger partial charge in [-0.2, -0.15) is 0 Å². The molecule has 0 radical (unpaired) electrons. The number of carbonyl (C=O) groups excluding carboxylic acids is 1. The van der Waals surface area contributed by atoms with Crippen LogP contribution in [-0.4, -0.2) is 20.9 Å². The minimum atomic E-state index is -0.239. The number of aromatic amines is 1. The largest absolute Gasteiger partial charge is 0.342 e. The standard InChI is InChI=1S/C20H19FN4O/c1-11-9-14(5-6-16(11)21)18-19(24-12(2)23-18)15-7-8-22-17(10-15)25-20(26)13-3-4-13/h5-10,13H,3-4H2,1-2H3,(H,23,24)(H,22,25,26). The summed E-state index contributed by atoms with van der Waals surface area (Å²) >= 11 is 0. The second-order valence-electron chi connectivity index (χ2n) is 6.70. The number of hydrogen-bond acceptors (Lipinski definition) is 3. The summed E-state index contributed by atoms with van der Waals surface area (Å²) in [6.45, 7) is 3.61. The predicted molar refractivity (Wildman–Crippen MR) is 98.0 cm³/mol. The Morgan fingerprint density at radius 1 is 1.19 bits per heavy atom. The van der Waals surface area contributed by atoms with Crippen molar-refractivity contribution in [2.45, 2.75) is 26.7 Å². The molecule has 6 heteroatoms. The van der Waals surface area contributed by atoms with Gasteiger partial charge < -0.3 is 10.3 Å². The summed E-state index contributed by atoms with van der Waals surface area (Å²) in [6.07, 6.45) is 3.55. The number of benzene rings is 1. The molecular weight excluding hydrogens is 331 g/mol. The first-order chi connectivity index (χ1) is 12.5. The van der Waals surface area contributed by atoms with Crippen molar-refractivity contribution in [1.82, 2.24) is 15.0 Å². The van der Waals surface area contributed by atoms with Gasteiger partial charge in [0.2, 0.25) is 5.91 Å². The molecule has 132 valence electrons. The number of hydrogen-bond donors (Lipinski definition) is 2. The summed E-state index contributed by atoms with van der Waals surface area (Å²) in [5.74, 6) is 1.18. The van der Waals surface area contributed by atoms with Crippen molar-refractivity contribution in [3.8, 4) is 22.5 Å². The van der Waals surface area contributed by atoms with Crippen LogP contribution in [0, 0.1) is 25.6 Å². The number of anilines is 1. The molecule has 0 bridgehead atoms. The smallest absolute Gasteiger partial charge is 0.228 e. The Morgan fingerprint density at radius 3 is 2.73 bits per heavy atom. The second-order valence-corrected chi connectivity index (χ2v) is 6.70. The van der Waals surface area contributed by atoms with E-state index in [0.29, 0.717) is 11.4 Å². The SMILES string of the molecule is Cc1nc(-c2ccc(F)c(C)c2)c(-c2ccnc(NC(=O)C3CC3)c2)[nH]1. The van der Waals surface area contributed by atoms with Crippen molar-refractivity contribution in [3.05, 3.63) is 53.7 Å². The fourth-order valence-electron chi connectivity index (χ4n) is 2.93. The number of aromatic nitrogens is 3. The van der Waals surface area contributed by atoms with Crippen LogP contribution < -0.4 is 5.32 Å². The van der Waals surface area contributed by atoms with E-state index in [2.05, 4.69) is 20.3 Å². The van der Waals surface area contributed by atoms with Gasteiger partial charge in [-0.3, -0.25) is 4.79 Å². The van der Waals surface area contributed by atoms with Gasteiger partial charge in [0.15, 0.2) is 0 Å². The third-order valence-electron chi connectivity index (χ3n) is 4.50. The van der Waals surface area contributed by atoms with Gasteiger partial charge in [0.1, 0.15) is 17.5 Å². The van der Waals surface area contributed by atoms with E-state index in [-0.39, 0.29) is 17.6 Å². The van der Waals surface area contributed by atoms with E-state index >= 15 is 0 Å². The lowest BCUT2D eigenvalue weighted by molar-refractivity contribution is -0.117. The van der Waals surface area contributed by atoms with Gasteiger partial charge >= 0.3 is 0 Å². The fraction of sp³-hybridized carbons (Fsp3) is 0.250. The molecular formula is C20H19FN4O. The first-order valence-corrected chi connectivity index (χ1v) is 8.61. The van der Waals surface area contributed by atoms with Crippen LogP contribution in [0.5, 0.6) is 0 Å². The van der Waals surface area contributed by atoms with E-state index in [4.69, 9.17) is 0 Å². The Labute approximate surface area is 150 Å². The third-order valence-corrected chi connectivity index (χ3v) is 4.50. The number of rotatable bonds is 4. The molecule has 26 heavy (non-hydrogen) atoms. The molecule has 5 nitrogen and oxygen atoms in total. The summed E-state index contributed by atoms with van der Waals surface area (Å²) in [6, 6.07) is 8.64. The quantitative estimate of drug-likeness (QED) is 0.739. The van der Waals surface area contributed by atoms with Crippen molar-refractivity contribution in [2.75, 3.05) is 5.32 Å². The minimum Gasteiger partial charge on any atom is -0.342 e. The minimum absolute atomic E-state index is 0.0184. The lowest BCUT2D eigenvalue weighted by atomic mass is 10.0. The Bertz CT molecular complexity index is 991. The van der Waals surface area contributed by atoms with Gasteiger partial charge in [-0.1, -0.05) is 0 Å². The maximum atomic E-state index is 13.6. The van der Waals surface area contributed by atoms with Crippen LogP contribution in [0.2, 0.25) is 0 Å². The highest BCUT2D eigenvalue weighted by atomic mass is 19.1. The summed E-state index contributed by atoms with van der Waals surface area (Å²) in [5.41, 5.74) is 3.84. The molecule has 1 aliphatic carbocycles. The molecule has 1 saturated carbocycles. The van der Waals surface area contributed by atoms with Crippen LogP contribution >= 0.6 is 0 Å². The molecule has 2 aromatic heterocycles. The molecule has 1 aromatic carbocycles. The van der Waals surface area contributed by atoms with Crippen LogP contribution in [0.25, 0.3) is 22.5 Å². The normalized spacial score (nSPS) is 13.7. The lowest BCUT2D eigenvalue weighted by Crippen LogP contribution is -2.14. The van der Waals surface area contributed by atoms with Crippen LogP contribution in [0.15, 0.2) is 36.5 Å². The fourth-order valence-corrected chi connectivity index (χ4v) is 2.93. The second kappa shape index (κ2) is 6.37. The average Bonchev–Trinajstić information content (AvgIpc) is 3.40. The van der Waals surface area contributed by atoms with E-state index in [1.807, 2.05) is 19.1 Å². The van der Waals surface area contributed by atoms with Crippen molar-refractivity contribution in [2.24, 2.45) is 5.92 Å². The Balaban J connectivity index is 1.71. The number of imidazole rings is 1. The number of carbonyl (C=O) groups is 1. The van der Waals surface area contributed by atoms with E-state index in [9.17, 15) is 9.18 Å². The Morgan fingerprint density at radius 2 is 2.00 bits per heavy atom. The van der Waals surface area contributed by atoms with Gasteiger partial charge in [0.25, 0.3) is 0 Å². The number of nitrogens with one attached hydrogen (secondary N) is 2. The van der Waals surface area contributed by atoms with E-state index < -0.39 is 0 Å². The summed E-state index contributed by atoms with van der Waals surface area (Å²) in [7, 11) is 0. The number of pyridine rings is 1. The predicted octanol–water partition coefficient (Wildman–Crippen LogP) is 4.24. The monoisotopic (exact) mass is 350 g/mol. The van der Waals surface area contributed by atoms with Crippen molar-refractivity contribution >= 4 is 11.7 Å². The lowest BCUT2D eigenvalue weighted by Gasteiger charge is -2.07. The molecule has 0 aliphatic heterocycles. The van der Waals surface area contributed by atoms with Crippen molar-refractivity contribution < 1.29 is 9.18 Å². The molecule has 2 heterocycles. The van der Waals surface area contributed by atoms with Crippen molar-refractivity contribution in [1.29, 1.82) is 0 Å². The number of halogens is 1. The van der Waals surface area contributed by atoms with Crippen molar-refractivity contribution in [3.63, 3.8) is 0 Å². The van der Waals surface area contributed by atoms with Crippen LogP contribution in [-0.2, 0) is 4.79 Å². The first kappa shape index (κ1) is 16.4.